The highest BCUT2D eigenvalue weighted by Gasteiger charge is 2.51. The van der Waals surface area contributed by atoms with Gasteiger partial charge >= 0.3 is 0 Å². The molecule has 1 aliphatic rings. The van der Waals surface area contributed by atoms with Crippen LogP contribution in [0.1, 0.15) is 57.2 Å². The normalized spacial score (nSPS) is 20.7. The van der Waals surface area contributed by atoms with Crippen LogP contribution in [-0.2, 0) is 16.8 Å². The van der Waals surface area contributed by atoms with Gasteiger partial charge in [-0.05, 0) is 42.5 Å². The molecule has 1 unspecified atom stereocenters. The predicted molar refractivity (Wildman–Crippen MR) is 113 cm³/mol. The first-order chi connectivity index (χ1) is 13.7. The Balaban J connectivity index is 2.97. The molecule has 0 fully saturated rings. The molecule has 1 atom stereocenters. The van der Waals surface area contributed by atoms with Crippen molar-refractivity contribution in [3.05, 3.63) is 57.6 Å². The van der Waals surface area contributed by atoms with Crippen LogP contribution in [0.3, 0.4) is 0 Å². The largest absolute Gasteiger partial charge is 0.422 e. The lowest BCUT2D eigenvalue weighted by Gasteiger charge is -2.43. The van der Waals surface area contributed by atoms with Crippen molar-refractivity contribution < 1.29 is 9.84 Å². The van der Waals surface area contributed by atoms with Crippen LogP contribution in [0.2, 0.25) is 0 Å². The van der Waals surface area contributed by atoms with E-state index in [0.29, 0.717) is 22.4 Å². The van der Waals surface area contributed by atoms with Crippen molar-refractivity contribution in [2.75, 3.05) is 0 Å². The zero-order valence-corrected chi connectivity index (χ0v) is 17.4. The van der Waals surface area contributed by atoms with Gasteiger partial charge in [-0.3, -0.25) is 5.41 Å². The van der Waals surface area contributed by atoms with Gasteiger partial charge in [-0.1, -0.05) is 38.7 Å². The molecule has 6 nitrogen and oxygen atoms in total. The number of aliphatic hydroxyl groups is 1. The number of hydrogen-bond acceptors (Lipinski definition) is 6. The second-order valence-electron chi connectivity index (χ2n) is 7.43. The van der Waals surface area contributed by atoms with Crippen LogP contribution < -0.4 is 11.5 Å². The van der Waals surface area contributed by atoms with Gasteiger partial charge in [-0.15, -0.1) is 0 Å². The van der Waals surface area contributed by atoms with Gasteiger partial charge in [0, 0.05) is 23.3 Å². The van der Waals surface area contributed by atoms with Gasteiger partial charge in [0.05, 0.1) is 12.0 Å². The molecule has 0 saturated carbocycles. The second-order valence-corrected chi connectivity index (χ2v) is 7.43. The van der Waals surface area contributed by atoms with Crippen LogP contribution in [0.25, 0.3) is 0 Å². The summed E-state index contributed by atoms with van der Waals surface area (Å²) >= 11 is 0. The molecule has 29 heavy (non-hydrogen) atoms. The van der Waals surface area contributed by atoms with E-state index in [1.807, 2.05) is 32.0 Å². The summed E-state index contributed by atoms with van der Waals surface area (Å²) in [6, 6.07) is 7.71. The molecule has 0 radical (unpaired) electrons. The number of allylic oxidation sites excluding steroid dienone is 2. The van der Waals surface area contributed by atoms with Crippen molar-refractivity contribution in [3.63, 3.8) is 0 Å². The Bertz CT molecular complexity index is 982. The zero-order chi connectivity index (χ0) is 21.8. The maximum absolute atomic E-state index is 9.98. The van der Waals surface area contributed by atoms with Gasteiger partial charge < -0.3 is 21.3 Å². The summed E-state index contributed by atoms with van der Waals surface area (Å²) < 4.78 is 5.36. The van der Waals surface area contributed by atoms with E-state index < -0.39 is 5.41 Å². The Labute approximate surface area is 172 Å². The lowest BCUT2D eigenvalue weighted by Crippen LogP contribution is -2.46. The van der Waals surface area contributed by atoms with Gasteiger partial charge in [0.2, 0.25) is 11.8 Å². The van der Waals surface area contributed by atoms with E-state index in [0.717, 1.165) is 18.4 Å². The number of aliphatic hydroxyl groups excluding tert-OH is 1. The fourth-order valence-electron chi connectivity index (χ4n) is 3.92. The summed E-state index contributed by atoms with van der Waals surface area (Å²) in [5.74, 6) is 5.78. The first-order valence-electron chi connectivity index (χ1n) is 9.62. The van der Waals surface area contributed by atoms with Crippen molar-refractivity contribution >= 4 is 5.90 Å². The minimum Gasteiger partial charge on any atom is -0.422 e. The van der Waals surface area contributed by atoms with Crippen LogP contribution in [-0.4, -0.2) is 11.0 Å². The molecule has 0 bridgehead atoms. The fourth-order valence-corrected chi connectivity index (χ4v) is 3.92. The van der Waals surface area contributed by atoms with Gasteiger partial charge in [-0.2, -0.15) is 5.26 Å². The molecule has 0 saturated heterocycles. The number of hydrogen-bond donors (Lipinski definition) is 4. The van der Waals surface area contributed by atoms with Crippen LogP contribution >= 0.6 is 0 Å². The predicted octanol–water partition coefficient (Wildman–Crippen LogP) is 3.16. The van der Waals surface area contributed by atoms with E-state index in [1.54, 1.807) is 6.92 Å². The molecule has 0 spiro atoms. The number of ether oxygens (including phenoxy) is 1. The number of unbranched alkanes of at least 4 members (excludes halogenated alkanes) is 1. The van der Waals surface area contributed by atoms with Crippen molar-refractivity contribution in [3.8, 4) is 17.9 Å². The van der Waals surface area contributed by atoms with E-state index in [4.69, 9.17) is 21.6 Å². The molecule has 0 aromatic heterocycles. The third-order valence-electron chi connectivity index (χ3n) is 5.08. The summed E-state index contributed by atoms with van der Waals surface area (Å²) in [6.45, 7) is 7.44. The quantitative estimate of drug-likeness (QED) is 0.585. The smallest absolute Gasteiger partial charge is 0.220 e. The number of nitriles is 1. The number of nitrogens with zero attached hydrogens (tertiary/aromatic N) is 1. The zero-order valence-electron chi connectivity index (χ0n) is 17.4. The van der Waals surface area contributed by atoms with Crippen LogP contribution in [0.5, 0.6) is 0 Å². The number of nitrogens with one attached hydrogen (secondary N) is 1. The highest BCUT2D eigenvalue weighted by molar-refractivity contribution is 5.98. The average Bonchev–Trinajstić information content (AvgIpc) is 2.66. The van der Waals surface area contributed by atoms with Crippen LogP contribution in [0, 0.1) is 34.5 Å². The summed E-state index contributed by atoms with van der Waals surface area (Å²) in [4.78, 5) is 0. The van der Waals surface area contributed by atoms with Crippen molar-refractivity contribution in [1.82, 2.24) is 0 Å². The summed E-state index contributed by atoms with van der Waals surface area (Å²) in [5, 5.41) is 28.2. The van der Waals surface area contributed by atoms with Gasteiger partial charge in [0.25, 0.3) is 0 Å². The summed E-state index contributed by atoms with van der Waals surface area (Å²) in [6.07, 6.45) is 1.71. The van der Waals surface area contributed by atoms with Crippen LogP contribution in [0.15, 0.2) is 40.9 Å². The van der Waals surface area contributed by atoms with E-state index in [1.165, 1.54) is 0 Å². The van der Waals surface area contributed by atoms with E-state index in [-0.39, 0.29) is 29.9 Å². The minimum atomic E-state index is -1.08. The number of benzene rings is 1. The highest BCUT2D eigenvalue weighted by atomic mass is 16.5. The monoisotopic (exact) mass is 392 g/mol. The van der Waals surface area contributed by atoms with Crippen molar-refractivity contribution in [2.24, 2.45) is 17.4 Å². The third-order valence-corrected chi connectivity index (χ3v) is 5.08. The molecule has 1 aromatic carbocycles. The third kappa shape index (κ3) is 3.85. The Hall–Kier alpha value is -3.22. The topological polar surface area (TPSA) is 129 Å². The molecule has 0 amide bonds. The average molecular weight is 393 g/mol. The van der Waals surface area contributed by atoms with Crippen molar-refractivity contribution in [2.45, 2.75) is 52.6 Å². The summed E-state index contributed by atoms with van der Waals surface area (Å²) in [7, 11) is 0. The molecule has 6 heteroatoms. The van der Waals surface area contributed by atoms with Crippen LogP contribution in [0.4, 0.5) is 0 Å². The SMILES string of the molecule is CCCC#Cc1cc(CO)cc(C2(C(C)C)C(C#N)=C(N)OC(=N)/C2=C(/C)N)c1. The second kappa shape index (κ2) is 8.86. The molecule has 1 aliphatic heterocycles. The van der Waals surface area contributed by atoms with E-state index in [2.05, 4.69) is 24.8 Å². The first-order valence-corrected chi connectivity index (χ1v) is 9.62. The molecule has 152 valence electrons. The Morgan fingerprint density at radius 2 is 2.03 bits per heavy atom. The van der Waals surface area contributed by atoms with Gasteiger partial charge in [0.15, 0.2) is 0 Å². The highest BCUT2D eigenvalue weighted by Crippen LogP contribution is 2.50. The first kappa shape index (κ1) is 22.1. The van der Waals surface area contributed by atoms with E-state index >= 15 is 0 Å². The molecule has 6 N–H and O–H groups in total. The lowest BCUT2D eigenvalue weighted by molar-refractivity contribution is 0.281. The Kier molecular flexibility index (Phi) is 6.74. The van der Waals surface area contributed by atoms with Gasteiger partial charge in [0.1, 0.15) is 11.6 Å². The maximum Gasteiger partial charge on any atom is 0.220 e. The number of nitrogens with two attached hydrogens (primary N) is 2. The molecule has 2 rings (SSSR count). The molecule has 1 heterocycles. The maximum atomic E-state index is 9.98. The van der Waals surface area contributed by atoms with E-state index in [9.17, 15) is 10.4 Å². The van der Waals surface area contributed by atoms with Gasteiger partial charge in [-0.25, -0.2) is 0 Å². The Morgan fingerprint density at radius 3 is 2.55 bits per heavy atom. The summed E-state index contributed by atoms with van der Waals surface area (Å²) in [5.41, 5.74) is 14.2. The van der Waals surface area contributed by atoms with Crippen molar-refractivity contribution in [1.29, 1.82) is 10.7 Å². The Morgan fingerprint density at radius 1 is 1.34 bits per heavy atom. The minimum absolute atomic E-state index is 0.107. The molecule has 1 aromatic rings. The lowest BCUT2D eigenvalue weighted by atomic mass is 9.60. The standard InChI is InChI=1S/C23H28N4O2/c1-5-6-7-8-16-9-17(13-28)11-18(10-16)23(14(2)3)19(12-24)21(26)29-22(27)20(23)15(4)25/h9-11,14,27-28H,5-6,13,25-26H2,1-4H3/b20-15+,27-22?. The molecule has 0 aliphatic carbocycles. The number of rotatable bonds is 4. The fraction of sp³-hybridized carbons (Fsp3) is 0.391. The molecular weight excluding hydrogens is 364 g/mol. The molecular formula is C23H28N4O2.